The molecule has 0 radical (unpaired) electrons. The highest BCUT2D eigenvalue weighted by Gasteiger charge is 2.31. The van der Waals surface area contributed by atoms with Crippen molar-refractivity contribution in [3.8, 4) is 0 Å². The summed E-state index contributed by atoms with van der Waals surface area (Å²) in [5.41, 5.74) is 8.16. The zero-order valence-corrected chi connectivity index (χ0v) is 8.65. The summed E-state index contributed by atoms with van der Waals surface area (Å²) in [5.74, 6) is 0.0658. The SMILES string of the molecule is C=CCC1C(=O)C(N)Cc2ccccc21. The normalized spacial score (nSPS) is 24.7. The zero-order valence-electron chi connectivity index (χ0n) is 8.65. The molecule has 0 aromatic heterocycles. The molecule has 2 N–H and O–H groups in total. The van der Waals surface area contributed by atoms with E-state index in [0.29, 0.717) is 12.8 Å². The number of rotatable bonds is 2. The second kappa shape index (κ2) is 3.99. The van der Waals surface area contributed by atoms with Gasteiger partial charge in [0.25, 0.3) is 0 Å². The molecule has 2 atom stereocenters. The van der Waals surface area contributed by atoms with Gasteiger partial charge in [-0.15, -0.1) is 6.58 Å². The average Bonchev–Trinajstić information content (AvgIpc) is 2.25. The maximum atomic E-state index is 11.9. The van der Waals surface area contributed by atoms with Gasteiger partial charge < -0.3 is 5.73 Å². The highest BCUT2D eigenvalue weighted by molar-refractivity contribution is 5.92. The number of carbonyl (C=O) groups excluding carboxylic acids is 1. The third kappa shape index (κ3) is 1.73. The standard InChI is InChI=1S/C13H15NO/c1-2-5-11-10-7-4-3-6-9(10)8-12(14)13(11)15/h2-4,6-7,11-12H,1,5,8,14H2. The summed E-state index contributed by atoms with van der Waals surface area (Å²) in [4.78, 5) is 11.9. The van der Waals surface area contributed by atoms with Crippen LogP contribution in [-0.4, -0.2) is 11.8 Å². The molecular formula is C13H15NO. The molecule has 0 bridgehead atoms. The van der Waals surface area contributed by atoms with Gasteiger partial charge in [-0.05, 0) is 24.0 Å². The van der Waals surface area contributed by atoms with Crippen molar-refractivity contribution in [1.29, 1.82) is 0 Å². The van der Waals surface area contributed by atoms with Gasteiger partial charge in [-0.3, -0.25) is 4.79 Å². The number of ketones is 1. The van der Waals surface area contributed by atoms with Crippen LogP contribution < -0.4 is 5.73 Å². The molecule has 78 valence electrons. The van der Waals surface area contributed by atoms with E-state index in [1.165, 1.54) is 5.56 Å². The summed E-state index contributed by atoms with van der Waals surface area (Å²) in [6.45, 7) is 3.69. The van der Waals surface area contributed by atoms with Crippen LogP contribution in [0.15, 0.2) is 36.9 Å². The van der Waals surface area contributed by atoms with Crippen molar-refractivity contribution < 1.29 is 4.79 Å². The Labute approximate surface area is 89.8 Å². The van der Waals surface area contributed by atoms with E-state index in [1.54, 1.807) is 6.08 Å². The maximum Gasteiger partial charge on any atom is 0.157 e. The van der Waals surface area contributed by atoms with E-state index in [2.05, 4.69) is 12.6 Å². The smallest absolute Gasteiger partial charge is 0.157 e. The van der Waals surface area contributed by atoms with Gasteiger partial charge in [0.15, 0.2) is 5.78 Å². The van der Waals surface area contributed by atoms with Gasteiger partial charge >= 0.3 is 0 Å². The minimum Gasteiger partial charge on any atom is -0.321 e. The lowest BCUT2D eigenvalue weighted by atomic mass is 9.78. The minimum atomic E-state index is -0.343. The number of carbonyl (C=O) groups is 1. The largest absolute Gasteiger partial charge is 0.321 e. The van der Waals surface area contributed by atoms with Gasteiger partial charge in [-0.25, -0.2) is 0 Å². The molecule has 2 rings (SSSR count). The van der Waals surface area contributed by atoms with Crippen molar-refractivity contribution >= 4 is 5.78 Å². The number of hydrogen-bond donors (Lipinski definition) is 1. The minimum absolute atomic E-state index is 0.0811. The van der Waals surface area contributed by atoms with Crippen LogP contribution in [0.4, 0.5) is 0 Å². The van der Waals surface area contributed by atoms with Crippen molar-refractivity contribution in [2.75, 3.05) is 0 Å². The third-order valence-electron chi connectivity index (χ3n) is 2.98. The summed E-state index contributed by atoms with van der Waals surface area (Å²) in [7, 11) is 0. The fourth-order valence-corrected chi connectivity index (χ4v) is 2.22. The molecule has 1 aromatic rings. The van der Waals surface area contributed by atoms with Gasteiger partial charge in [0.2, 0.25) is 0 Å². The van der Waals surface area contributed by atoms with E-state index in [1.807, 2.05) is 18.2 Å². The van der Waals surface area contributed by atoms with Crippen molar-refractivity contribution in [1.82, 2.24) is 0 Å². The number of Topliss-reactive ketones (excluding diaryl/α,β-unsaturated/α-hetero) is 1. The predicted molar refractivity (Wildman–Crippen MR) is 60.7 cm³/mol. The van der Waals surface area contributed by atoms with Gasteiger partial charge in [-0.1, -0.05) is 30.3 Å². The highest BCUT2D eigenvalue weighted by Crippen LogP contribution is 2.30. The molecule has 1 aliphatic rings. The van der Waals surface area contributed by atoms with Crippen LogP contribution >= 0.6 is 0 Å². The molecule has 0 fully saturated rings. The highest BCUT2D eigenvalue weighted by atomic mass is 16.1. The number of fused-ring (bicyclic) bond motifs is 1. The molecule has 0 spiro atoms. The van der Waals surface area contributed by atoms with Crippen molar-refractivity contribution in [2.24, 2.45) is 5.73 Å². The van der Waals surface area contributed by atoms with E-state index in [9.17, 15) is 4.79 Å². The first-order valence-corrected chi connectivity index (χ1v) is 5.22. The van der Waals surface area contributed by atoms with Crippen molar-refractivity contribution in [3.63, 3.8) is 0 Å². The summed E-state index contributed by atoms with van der Waals surface area (Å²) in [6.07, 6.45) is 3.14. The lowest BCUT2D eigenvalue weighted by Gasteiger charge is -2.27. The Kier molecular flexibility index (Phi) is 2.69. The zero-order chi connectivity index (χ0) is 10.8. The molecule has 1 aromatic carbocycles. The number of benzene rings is 1. The fraction of sp³-hybridized carbons (Fsp3) is 0.308. The Hall–Kier alpha value is -1.41. The molecule has 0 heterocycles. The van der Waals surface area contributed by atoms with Crippen LogP contribution in [0.25, 0.3) is 0 Å². The van der Waals surface area contributed by atoms with Gasteiger partial charge in [0.05, 0.1) is 6.04 Å². The molecule has 2 unspecified atom stereocenters. The third-order valence-corrected chi connectivity index (χ3v) is 2.98. The van der Waals surface area contributed by atoms with E-state index in [4.69, 9.17) is 5.73 Å². The first kappa shape index (κ1) is 10.1. The quantitative estimate of drug-likeness (QED) is 0.741. The summed E-state index contributed by atoms with van der Waals surface area (Å²) in [5, 5.41) is 0. The van der Waals surface area contributed by atoms with Crippen LogP contribution in [0, 0.1) is 0 Å². The van der Waals surface area contributed by atoms with E-state index in [-0.39, 0.29) is 17.7 Å². The van der Waals surface area contributed by atoms with Gasteiger partial charge in [0.1, 0.15) is 0 Å². The van der Waals surface area contributed by atoms with E-state index in [0.717, 1.165) is 5.56 Å². The molecule has 0 saturated carbocycles. The monoisotopic (exact) mass is 201 g/mol. The van der Waals surface area contributed by atoms with Crippen LogP contribution in [0.2, 0.25) is 0 Å². The topological polar surface area (TPSA) is 43.1 Å². The van der Waals surface area contributed by atoms with Crippen LogP contribution in [0.5, 0.6) is 0 Å². The number of allylic oxidation sites excluding steroid dienone is 1. The molecule has 0 amide bonds. The summed E-state index contributed by atoms with van der Waals surface area (Å²) >= 11 is 0. The Morgan fingerprint density at radius 3 is 2.93 bits per heavy atom. The molecule has 0 aliphatic heterocycles. The molecular weight excluding hydrogens is 186 g/mol. The van der Waals surface area contributed by atoms with Crippen molar-refractivity contribution in [2.45, 2.75) is 24.8 Å². The number of hydrogen-bond acceptors (Lipinski definition) is 2. The summed E-state index contributed by atoms with van der Waals surface area (Å²) in [6, 6.07) is 7.70. The molecule has 2 heteroatoms. The molecule has 15 heavy (non-hydrogen) atoms. The first-order chi connectivity index (χ1) is 7.24. The van der Waals surface area contributed by atoms with Gasteiger partial charge in [0, 0.05) is 5.92 Å². The second-order valence-corrected chi connectivity index (χ2v) is 3.99. The van der Waals surface area contributed by atoms with Crippen LogP contribution in [-0.2, 0) is 11.2 Å². The Bertz CT molecular complexity index is 397. The Morgan fingerprint density at radius 1 is 1.47 bits per heavy atom. The van der Waals surface area contributed by atoms with E-state index < -0.39 is 0 Å². The van der Waals surface area contributed by atoms with Crippen LogP contribution in [0.1, 0.15) is 23.5 Å². The molecule has 0 saturated heterocycles. The Balaban J connectivity index is 2.44. The average molecular weight is 201 g/mol. The van der Waals surface area contributed by atoms with Crippen LogP contribution in [0.3, 0.4) is 0 Å². The lowest BCUT2D eigenvalue weighted by Crippen LogP contribution is -2.40. The van der Waals surface area contributed by atoms with Crippen molar-refractivity contribution in [3.05, 3.63) is 48.0 Å². The fourth-order valence-electron chi connectivity index (χ4n) is 2.22. The number of nitrogens with two attached hydrogens (primary N) is 1. The lowest BCUT2D eigenvalue weighted by molar-refractivity contribution is -0.122. The first-order valence-electron chi connectivity index (χ1n) is 5.22. The second-order valence-electron chi connectivity index (χ2n) is 3.99. The maximum absolute atomic E-state index is 11.9. The molecule has 2 nitrogen and oxygen atoms in total. The molecule has 1 aliphatic carbocycles. The predicted octanol–water partition coefficient (Wildman–Crippen LogP) is 1.80. The van der Waals surface area contributed by atoms with E-state index >= 15 is 0 Å². The Morgan fingerprint density at radius 2 is 2.20 bits per heavy atom. The van der Waals surface area contributed by atoms with Gasteiger partial charge in [-0.2, -0.15) is 0 Å². The summed E-state index contributed by atoms with van der Waals surface area (Å²) < 4.78 is 0.